The van der Waals surface area contributed by atoms with Crippen molar-refractivity contribution in [3.8, 4) is 0 Å². The normalized spacial score (nSPS) is 14.8. The van der Waals surface area contributed by atoms with Crippen LogP contribution in [0.3, 0.4) is 0 Å². The van der Waals surface area contributed by atoms with Crippen LogP contribution >= 0.6 is 0 Å². The van der Waals surface area contributed by atoms with Crippen molar-refractivity contribution in [2.24, 2.45) is 5.73 Å². The maximum atomic E-state index is 12.1. The van der Waals surface area contributed by atoms with E-state index >= 15 is 0 Å². The molecule has 0 aliphatic rings. The molecule has 7 heteroatoms. The minimum atomic E-state index is -3.48. The van der Waals surface area contributed by atoms with Crippen LogP contribution in [0, 0.1) is 0 Å². The van der Waals surface area contributed by atoms with E-state index in [9.17, 15) is 13.2 Å². The topological polar surface area (TPSA) is 92.5 Å². The summed E-state index contributed by atoms with van der Waals surface area (Å²) in [6.45, 7) is 3.56. The van der Waals surface area contributed by atoms with Crippen molar-refractivity contribution in [2.75, 3.05) is 14.1 Å². The number of benzene rings is 1. The first-order valence-electron chi connectivity index (χ1n) is 6.72. The molecule has 3 N–H and O–H groups in total. The lowest BCUT2D eigenvalue weighted by molar-refractivity contribution is -0.122. The number of nitrogens with two attached hydrogens (primary N) is 1. The first kappa shape index (κ1) is 17.6. The van der Waals surface area contributed by atoms with Crippen LogP contribution in [0.15, 0.2) is 29.2 Å². The Labute approximate surface area is 126 Å². The first-order valence-corrected chi connectivity index (χ1v) is 8.16. The molecular weight excluding hydrogens is 290 g/mol. The molecule has 0 saturated heterocycles. The summed E-state index contributed by atoms with van der Waals surface area (Å²) >= 11 is 0. The van der Waals surface area contributed by atoms with Gasteiger partial charge in [0, 0.05) is 26.6 Å². The van der Waals surface area contributed by atoms with Crippen LogP contribution in [-0.4, -0.2) is 38.8 Å². The Hall–Kier alpha value is -1.44. The van der Waals surface area contributed by atoms with Crippen LogP contribution in [-0.2, 0) is 14.8 Å². The van der Waals surface area contributed by atoms with Crippen LogP contribution in [0.2, 0.25) is 0 Å². The van der Waals surface area contributed by atoms with Gasteiger partial charge in [0.2, 0.25) is 15.9 Å². The predicted molar refractivity (Wildman–Crippen MR) is 82.1 cm³/mol. The van der Waals surface area contributed by atoms with E-state index in [1.54, 1.807) is 32.0 Å². The monoisotopic (exact) mass is 313 g/mol. The maximum Gasteiger partial charge on any atom is 0.242 e. The minimum absolute atomic E-state index is 0.154. The highest BCUT2D eigenvalue weighted by Crippen LogP contribution is 2.19. The summed E-state index contributed by atoms with van der Waals surface area (Å²) < 4.78 is 25.4. The maximum absolute atomic E-state index is 12.1. The van der Waals surface area contributed by atoms with Gasteiger partial charge >= 0.3 is 0 Å². The van der Waals surface area contributed by atoms with Crippen molar-refractivity contribution in [3.05, 3.63) is 29.8 Å². The molecule has 2 atom stereocenters. The Balaban J connectivity index is 2.93. The molecule has 0 radical (unpaired) electrons. The summed E-state index contributed by atoms with van der Waals surface area (Å²) in [6, 6.07) is 6.07. The highest BCUT2D eigenvalue weighted by Gasteiger charge is 2.19. The number of nitrogens with one attached hydrogen (secondary N) is 1. The lowest BCUT2D eigenvalue weighted by atomic mass is 10.1. The summed E-state index contributed by atoms with van der Waals surface area (Å²) in [5.41, 5.74) is 6.31. The number of sulfonamides is 1. The van der Waals surface area contributed by atoms with Crippen molar-refractivity contribution in [3.63, 3.8) is 0 Å². The van der Waals surface area contributed by atoms with Gasteiger partial charge in [-0.15, -0.1) is 0 Å². The Bertz CT molecular complexity index is 597. The number of amides is 1. The van der Waals surface area contributed by atoms with Crippen LogP contribution in [0.25, 0.3) is 0 Å². The zero-order valence-corrected chi connectivity index (χ0v) is 13.6. The molecule has 1 rings (SSSR count). The van der Waals surface area contributed by atoms with Crippen molar-refractivity contribution in [1.82, 2.24) is 9.62 Å². The quantitative estimate of drug-likeness (QED) is 0.814. The average molecular weight is 313 g/mol. The first-order chi connectivity index (χ1) is 9.64. The third-order valence-electron chi connectivity index (χ3n) is 3.02. The molecule has 6 nitrogen and oxygen atoms in total. The third kappa shape index (κ3) is 4.80. The van der Waals surface area contributed by atoms with Crippen molar-refractivity contribution in [2.45, 2.75) is 37.2 Å². The van der Waals surface area contributed by atoms with E-state index in [0.717, 1.165) is 9.87 Å². The molecule has 2 unspecified atom stereocenters. The molecule has 1 amide bonds. The molecular formula is C14H23N3O3S. The molecule has 0 aromatic heterocycles. The molecule has 21 heavy (non-hydrogen) atoms. The Morgan fingerprint density at radius 1 is 1.33 bits per heavy atom. The molecule has 0 bridgehead atoms. The summed E-state index contributed by atoms with van der Waals surface area (Å²) in [5, 5.41) is 2.81. The number of hydrogen-bond acceptors (Lipinski definition) is 4. The van der Waals surface area contributed by atoms with E-state index in [4.69, 9.17) is 5.73 Å². The van der Waals surface area contributed by atoms with Crippen LogP contribution in [0.4, 0.5) is 0 Å². The van der Waals surface area contributed by atoms with Crippen LogP contribution in [0.5, 0.6) is 0 Å². The fourth-order valence-electron chi connectivity index (χ4n) is 1.83. The Kier molecular flexibility index (Phi) is 5.88. The van der Waals surface area contributed by atoms with Crippen molar-refractivity contribution >= 4 is 15.9 Å². The molecule has 0 spiro atoms. The van der Waals surface area contributed by atoms with Gasteiger partial charge in [-0.3, -0.25) is 4.79 Å². The second kappa shape index (κ2) is 7.02. The van der Waals surface area contributed by atoms with E-state index in [0.29, 0.717) is 0 Å². The summed E-state index contributed by atoms with van der Waals surface area (Å²) in [5.74, 6) is -0.154. The van der Waals surface area contributed by atoms with Gasteiger partial charge in [0.1, 0.15) is 0 Å². The number of carbonyl (C=O) groups is 1. The highest BCUT2D eigenvalue weighted by atomic mass is 32.2. The SMILES string of the molecule is CC(N)CC(=O)NC(C)c1cccc(S(=O)(=O)N(C)C)c1. The van der Waals surface area contributed by atoms with E-state index < -0.39 is 10.0 Å². The van der Waals surface area contributed by atoms with Crippen molar-refractivity contribution < 1.29 is 13.2 Å². The number of carbonyl (C=O) groups excluding carboxylic acids is 1. The van der Waals surface area contributed by atoms with E-state index in [1.807, 2.05) is 0 Å². The number of rotatable bonds is 6. The number of nitrogens with zero attached hydrogens (tertiary/aromatic N) is 1. The standard InChI is InChI=1S/C14H23N3O3S/c1-10(15)8-14(18)16-11(2)12-6-5-7-13(9-12)21(19,20)17(3)4/h5-7,9-11H,8,15H2,1-4H3,(H,16,18). The zero-order valence-electron chi connectivity index (χ0n) is 12.8. The largest absolute Gasteiger partial charge is 0.350 e. The summed E-state index contributed by atoms with van der Waals surface area (Å²) in [7, 11) is -0.516. The van der Waals surface area contributed by atoms with Gasteiger partial charge in [-0.05, 0) is 31.5 Å². The number of hydrogen-bond donors (Lipinski definition) is 2. The molecule has 0 fully saturated rings. The second-order valence-corrected chi connectivity index (χ2v) is 7.48. The van der Waals surface area contributed by atoms with Crippen molar-refractivity contribution in [1.29, 1.82) is 0 Å². The van der Waals surface area contributed by atoms with Gasteiger partial charge in [-0.2, -0.15) is 0 Å². The van der Waals surface area contributed by atoms with Crippen LogP contribution in [0.1, 0.15) is 31.9 Å². The van der Waals surface area contributed by atoms with Gasteiger partial charge in [0.15, 0.2) is 0 Å². The van der Waals surface area contributed by atoms with Gasteiger partial charge in [-0.1, -0.05) is 12.1 Å². The molecule has 0 aliphatic heterocycles. The Morgan fingerprint density at radius 2 is 1.95 bits per heavy atom. The zero-order chi connectivity index (χ0) is 16.2. The van der Waals surface area contributed by atoms with E-state index in [1.165, 1.54) is 20.2 Å². The summed E-state index contributed by atoms with van der Waals surface area (Å²) in [6.07, 6.45) is 0.236. The van der Waals surface area contributed by atoms with Gasteiger partial charge < -0.3 is 11.1 Å². The third-order valence-corrected chi connectivity index (χ3v) is 4.83. The molecule has 118 valence electrons. The molecule has 0 aliphatic carbocycles. The fraction of sp³-hybridized carbons (Fsp3) is 0.500. The van der Waals surface area contributed by atoms with Gasteiger partial charge in [0.05, 0.1) is 10.9 Å². The molecule has 1 aromatic carbocycles. The van der Waals surface area contributed by atoms with Crippen LogP contribution < -0.4 is 11.1 Å². The van der Waals surface area contributed by atoms with E-state index in [-0.39, 0.29) is 29.3 Å². The van der Waals surface area contributed by atoms with E-state index in [2.05, 4.69) is 5.32 Å². The molecule has 1 aromatic rings. The average Bonchev–Trinajstić information content (AvgIpc) is 2.37. The smallest absolute Gasteiger partial charge is 0.242 e. The van der Waals surface area contributed by atoms with Gasteiger partial charge in [0.25, 0.3) is 0 Å². The lowest BCUT2D eigenvalue weighted by Crippen LogP contribution is -2.31. The Morgan fingerprint density at radius 3 is 2.48 bits per heavy atom. The predicted octanol–water partition coefficient (Wildman–Crippen LogP) is 0.851. The lowest BCUT2D eigenvalue weighted by Gasteiger charge is -2.17. The second-order valence-electron chi connectivity index (χ2n) is 5.33. The fourth-order valence-corrected chi connectivity index (χ4v) is 2.79. The minimum Gasteiger partial charge on any atom is -0.350 e. The molecule has 0 heterocycles. The highest BCUT2D eigenvalue weighted by molar-refractivity contribution is 7.89. The molecule has 0 saturated carbocycles. The van der Waals surface area contributed by atoms with Gasteiger partial charge in [-0.25, -0.2) is 12.7 Å². The summed E-state index contributed by atoms with van der Waals surface area (Å²) in [4.78, 5) is 11.9.